The van der Waals surface area contributed by atoms with E-state index in [1.807, 2.05) is 13.8 Å². The Balaban J connectivity index is 1.84. The fourth-order valence-corrected chi connectivity index (χ4v) is 1.62. The van der Waals surface area contributed by atoms with Gasteiger partial charge >= 0.3 is 0 Å². The van der Waals surface area contributed by atoms with Gasteiger partial charge in [0.15, 0.2) is 0 Å². The smallest absolute Gasteiger partial charge is 0.251 e. The molecule has 0 saturated heterocycles. The van der Waals surface area contributed by atoms with Crippen LogP contribution in [-0.4, -0.2) is 22.6 Å². The van der Waals surface area contributed by atoms with Gasteiger partial charge in [0.05, 0.1) is 0 Å². The predicted octanol–water partition coefficient (Wildman–Crippen LogP) is 2.30. The molecule has 106 valence electrons. The first kappa shape index (κ1) is 14.2. The minimum Gasteiger partial charge on any atom is -0.425 e. The third-order valence-corrected chi connectivity index (χ3v) is 2.69. The number of carbonyl (C=O) groups excluding carboxylic acids is 1. The molecule has 6 heteroatoms. The Hall–Kier alpha value is -2.24. The van der Waals surface area contributed by atoms with E-state index in [9.17, 15) is 9.18 Å². The van der Waals surface area contributed by atoms with Crippen molar-refractivity contribution in [2.24, 2.45) is 0 Å². The standard InChI is InChI=1S/C14H16FN3O2/c1-9(2)14-18-17-12(20-14)6-7-16-13(19)10-4-3-5-11(15)8-10/h3-5,8-9H,6-7H2,1-2H3,(H,16,19). The van der Waals surface area contributed by atoms with Crippen molar-refractivity contribution in [3.8, 4) is 0 Å². The van der Waals surface area contributed by atoms with Crippen molar-refractivity contribution >= 4 is 5.91 Å². The Bertz CT molecular complexity index is 596. The maximum atomic E-state index is 13.0. The molecule has 1 N–H and O–H groups in total. The van der Waals surface area contributed by atoms with Gasteiger partial charge in [-0.2, -0.15) is 0 Å². The Morgan fingerprint density at radius 2 is 2.20 bits per heavy atom. The molecule has 2 aromatic rings. The van der Waals surface area contributed by atoms with Crippen LogP contribution in [0.15, 0.2) is 28.7 Å². The predicted molar refractivity (Wildman–Crippen MR) is 70.8 cm³/mol. The van der Waals surface area contributed by atoms with Crippen LogP contribution >= 0.6 is 0 Å². The van der Waals surface area contributed by atoms with Crippen molar-refractivity contribution in [2.45, 2.75) is 26.2 Å². The third-order valence-electron chi connectivity index (χ3n) is 2.69. The van der Waals surface area contributed by atoms with Crippen LogP contribution < -0.4 is 5.32 Å². The second-order valence-electron chi connectivity index (χ2n) is 4.70. The average molecular weight is 277 g/mol. The van der Waals surface area contributed by atoms with Crippen LogP contribution in [0.3, 0.4) is 0 Å². The Morgan fingerprint density at radius 3 is 2.85 bits per heavy atom. The Kier molecular flexibility index (Phi) is 4.45. The highest BCUT2D eigenvalue weighted by Crippen LogP contribution is 2.11. The van der Waals surface area contributed by atoms with Gasteiger partial charge in [0.2, 0.25) is 11.8 Å². The summed E-state index contributed by atoms with van der Waals surface area (Å²) in [6.07, 6.45) is 0.445. The average Bonchev–Trinajstić information content (AvgIpc) is 2.87. The van der Waals surface area contributed by atoms with Crippen LogP contribution in [0.25, 0.3) is 0 Å². The van der Waals surface area contributed by atoms with Gasteiger partial charge < -0.3 is 9.73 Å². The lowest BCUT2D eigenvalue weighted by molar-refractivity contribution is 0.0953. The van der Waals surface area contributed by atoms with Crippen LogP contribution in [0.4, 0.5) is 4.39 Å². The molecule has 0 aliphatic heterocycles. The molecule has 0 saturated carbocycles. The highest BCUT2D eigenvalue weighted by molar-refractivity contribution is 5.94. The number of hydrogen-bond donors (Lipinski definition) is 1. The molecule has 1 amide bonds. The number of hydrogen-bond acceptors (Lipinski definition) is 4. The number of aromatic nitrogens is 2. The highest BCUT2D eigenvalue weighted by atomic mass is 19.1. The molecule has 1 aromatic carbocycles. The Morgan fingerprint density at radius 1 is 1.40 bits per heavy atom. The maximum Gasteiger partial charge on any atom is 0.251 e. The lowest BCUT2D eigenvalue weighted by Crippen LogP contribution is -2.25. The van der Waals surface area contributed by atoms with Crippen molar-refractivity contribution in [2.75, 3.05) is 6.54 Å². The van der Waals surface area contributed by atoms with Gasteiger partial charge in [0, 0.05) is 24.4 Å². The first-order valence-electron chi connectivity index (χ1n) is 6.42. The number of nitrogens with zero attached hydrogens (tertiary/aromatic N) is 2. The minimum atomic E-state index is -0.434. The van der Waals surface area contributed by atoms with Gasteiger partial charge in [-0.1, -0.05) is 19.9 Å². The lowest BCUT2D eigenvalue weighted by Gasteiger charge is -2.03. The second-order valence-corrected chi connectivity index (χ2v) is 4.70. The van der Waals surface area contributed by atoms with Crippen molar-refractivity contribution in [1.82, 2.24) is 15.5 Å². The highest BCUT2D eigenvalue weighted by Gasteiger charge is 2.10. The molecular weight excluding hydrogens is 261 g/mol. The van der Waals surface area contributed by atoms with Gasteiger partial charge in [-0.25, -0.2) is 4.39 Å². The SMILES string of the molecule is CC(C)c1nnc(CCNC(=O)c2cccc(F)c2)o1. The first-order chi connectivity index (χ1) is 9.56. The van der Waals surface area contributed by atoms with E-state index in [0.717, 1.165) is 0 Å². The molecule has 0 radical (unpaired) electrons. The summed E-state index contributed by atoms with van der Waals surface area (Å²) in [5, 5.41) is 10.5. The first-order valence-corrected chi connectivity index (χ1v) is 6.42. The summed E-state index contributed by atoms with van der Waals surface area (Å²) in [7, 11) is 0. The van der Waals surface area contributed by atoms with Crippen molar-refractivity contribution < 1.29 is 13.6 Å². The molecule has 0 aliphatic rings. The van der Waals surface area contributed by atoms with Crippen LogP contribution in [-0.2, 0) is 6.42 Å². The van der Waals surface area contributed by atoms with Gasteiger partial charge in [0.25, 0.3) is 5.91 Å². The molecule has 1 heterocycles. The summed E-state index contributed by atoms with van der Waals surface area (Å²) >= 11 is 0. The molecule has 5 nitrogen and oxygen atoms in total. The normalized spacial score (nSPS) is 10.8. The fourth-order valence-electron chi connectivity index (χ4n) is 1.62. The van der Waals surface area contributed by atoms with E-state index >= 15 is 0 Å². The largest absolute Gasteiger partial charge is 0.425 e. The number of amides is 1. The number of rotatable bonds is 5. The topological polar surface area (TPSA) is 68.0 Å². The van der Waals surface area contributed by atoms with Crippen LogP contribution in [0, 0.1) is 5.82 Å². The number of halogens is 1. The summed E-state index contributed by atoms with van der Waals surface area (Å²) in [6.45, 7) is 4.28. The molecule has 0 fully saturated rings. The summed E-state index contributed by atoms with van der Waals surface area (Å²) in [5.74, 6) is 0.479. The van der Waals surface area contributed by atoms with E-state index < -0.39 is 5.82 Å². The molecule has 0 atom stereocenters. The van der Waals surface area contributed by atoms with Crippen LogP contribution in [0.5, 0.6) is 0 Å². The van der Waals surface area contributed by atoms with Crippen molar-refractivity contribution in [1.29, 1.82) is 0 Å². The van der Waals surface area contributed by atoms with Crippen LogP contribution in [0.1, 0.15) is 41.9 Å². The summed E-state index contributed by atoms with van der Waals surface area (Å²) in [6, 6.07) is 5.54. The Labute approximate surface area is 116 Å². The number of carbonyl (C=O) groups is 1. The van der Waals surface area contributed by atoms with Gasteiger partial charge in [-0.3, -0.25) is 4.79 Å². The lowest BCUT2D eigenvalue weighted by atomic mass is 10.2. The molecule has 0 unspecified atom stereocenters. The summed E-state index contributed by atoms with van der Waals surface area (Å²) in [5.41, 5.74) is 0.290. The van der Waals surface area contributed by atoms with Crippen molar-refractivity contribution in [3.05, 3.63) is 47.4 Å². The van der Waals surface area contributed by atoms with Crippen molar-refractivity contribution in [3.63, 3.8) is 0 Å². The summed E-state index contributed by atoms with van der Waals surface area (Å²) < 4.78 is 18.4. The molecule has 20 heavy (non-hydrogen) atoms. The second kappa shape index (κ2) is 6.27. The van der Waals surface area contributed by atoms with Crippen LogP contribution in [0.2, 0.25) is 0 Å². The molecule has 1 aromatic heterocycles. The van der Waals surface area contributed by atoms with Gasteiger partial charge in [-0.05, 0) is 18.2 Å². The fraction of sp³-hybridized carbons (Fsp3) is 0.357. The van der Waals surface area contributed by atoms with E-state index in [4.69, 9.17) is 4.42 Å². The molecule has 0 aliphatic carbocycles. The summed E-state index contributed by atoms with van der Waals surface area (Å²) in [4.78, 5) is 11.8. The van der Waals surface area contributed by atoms with Gasteiger partial charge in [0.1, 0.15) is 5.82 Å². The van der Waals surface area contributed by atoms with Gasteiger partial charge in [-0.15, -0.1) is 10.2 Å². The van der Waals surface area contributed by atoms with E-state index in [0.29, 0.717) is 30.3 Å². The third kappa shape index (κ3) is 3.63. The molecule has 2 rings (SSSR count). The van der Waals surface area contributed by atoms with E-state index in [-0.39, 0.29) is 11.8 Å². The minimum absolute atomic E-state index is 0.179. The molecular formula is C14H16FN3O2. The maximum absolute atomic E-state index is 13.0. The van der Waals surface area contributed by atoms with E-state index in [1.165, 1.54) is 18.2 Å². The number of benzene rings is 1. The zero-order valence-electron chi connectivity index (χ0n) is 11.4. The zero-order valence-corrected chi connectivity index (χ0v) is 11.4. The van der Waals surface area contributed by atoms with E-state index in [2.05, 4.69) is 15.5 Å². The monoisotopic (exact) mass is 277 g/mol. The zero-order chi connectivity index (χ0) is 14.5. The quantitative estimate of drug-likeness (QED) is 0.910. The number of nitrogens with one attached hydrogen (secondary N) is 1. The van der Waals surface area contributed by atoms with E-state index in [1.54, 1.807) is 6.07 Å². The molecule has 0 bridgehead atoms. The molecule has 0 spiro atoms.